The Bertz CT molecular complexity index is 1160. The smallest absolute Gasteiger partial charge is 0.249 e. The normalized spacial score (nSPS) is 46.8. The number of allylic oxidation sites excluding steroid dienone is 2. The number of carbonyl (C=O) groups is 3. The highest BCUT2D eigenvalue weighted by molar-refractivity contribution is 5.95. The Morgan fingerprint density at radius 2 is 1.59 bits per heavy atom. The van der Waals surface area contributed by atoms with Crippen molar-refractivity contribution in [3.05, 3.63) is 11.6 Å². The lowest BCUT2D eigenvalue weighted by molar-refractivity contribution is -0.189. The second-order valence-corrected chi connectivity index (χ2v) is 17.0. The Labute approximate surface area is 248 Å². The highest BCUT2D eigenvalue weighted by atomic mass is 16.7. The number of nitrogens with one attached hydrogen (secondary N) is 2. The van der Waals surface area contributed by atoms with E-state index in [4.69, 9.17) is 4.84 Å². The van der Waals surface area contributed by atoms with E-state index in [9.17, 15) is 14.4 Å². The molecule has 0 radical (unpaired) electrons. The monoisotopic (exact) mass is 568 g/mol. The third-order valence-electron chi connectivity index (χ3n) is 13.9. The average Bonchev–Trinajstić information content (AvgIpc) is 2.86. The number of hydroxylamine groups is 1. The fraction of sp³-hybridized carbons (Fsp3) is 0.857. The van der Waals surface area contributed by atoms with Gasteiger partial charge in [0, 0.05) is 24.3 Å². The van der Waals surface area contributed by atoms with Crippen molar-refractivity contribution >= 4 is 17.6 Å². The SMILES string of the molecule is CC(=O)N[C@H]1CC[C@@]2(C)C(CC[C@]3(C)[C@@H]2C(=O)C=C2[C@@H]4C[C@@](C)(C(=O)NOC(C)C)CC[C@]4(C)CC[C@]23C)C1(C)C. The van der Waals surface area contributed by atoms with Gasteiger partial charge in [-0.25, -0.2) is 5.48 Å². The van der Waals surface area contributed by atoms with Crippen LogP contribution in [0.25, 0.3) is 0 Å². The maximum atomic E-state index is 14.6. The van der Waals surface area contributed by atoms with E-state index in [0.29, 0.717) is 11.7 Å². The van der Waals surface area contributed by atoms with E-state index in [2.05, 4.69) is 65.3 Å². The Hall–Kier alpha value is -1.69. The third kappa shape index (κ3) is 4.39. The first-order valence-corrected chi connectivity index (χ1v) is 16.3. The zero-order valence-electron chi connectivity index (χ0n) is 27.5. The van der Waals surface area contributed by atoms with Crippen molar-refractivity contribution in [1.82, 2.24) is 10.8 Å². The second-order valence-electron chi connectivity index (χ2n) is 17.0. The van der Waals surface area contributed by atoms with Crippen LogP contribution >= 0.6 is 0 Å². The van der Waals surface area contributed by atoms with Gasteiger partial charge in [0.05, 0.1) is 6.10 Å². The summed E-state index contributed by atoms with van der Waals surface area (Å²) < 4.78 is 0. The van der Waals surface area contributed by atoms with Crippen LogP contribution in [0.15, 0.2) is 11.6 Å². The van der Waals surface area contributed by atoms with Crippen molar-refractivity contribution in [2.24, 2.45) is 50.2 Å². The van der Waals surface area contributed by atoms with E-state index in [0.717, 1.165) is 57.8 Å². The van der Waals surface area contributed by atoms with E-state index >= 15 is 0 Å². The number of amides is 2. The van der Waals surface area contributed by atoms with Gasteiger partial charge in [0.15, 0.2) is 5.78 Å². The Morgan fingerprint density at radius 3 is 2.22 bits per heavy atom. The summed E-state index contributed by atoms with van der Waals surface area (Å²) in [7, 11) is 0. The molecule has 0 saturated heterocycles. The molecule has 41 heavy (non-hydrogen) atoms. The average molecular weight is 569 g/mol. The van der Waals surface area contributed by atoms with Crippen molar-refractivity contribution in [2.45, 2.75) is 139 Å². The molecule has 2 N–H and O–H groups in total. The molecule has 0 bridgehead atoms. The number of fused-ring (bicyclic) bond motifs is 7. The highest BCUT2D eigenvalue weighted by Crippen LogP contribution is 2.75. The lowest BCUT2D eigenvalue weighted by Gasteiger charge is -2.70. The first-order valence-electron chi connectivity index (χ1n) is 16.3. The standard InChI is InChI=1S/C35H56N2O4/c1-21(2)41-37-29(40)32(7)16-15-31(6)17-18-34(9)23(24(31)20-32)19-25(39)28-33(8)13-12-27(36-22(3)38)30(4,5)26(33)11-14-35(28,34)10/h19,21,24,26-28H,11-18,20H2,1-10H3,(H,36,38)(H,37,40)/t24-,26?,27-,28+,31+,32-,33-,34+,35+/m0/s1. The van der Waals surface area contributed by atoms with Gasteiger partial charge in [-0.3, -0.25) is 19.2 Å². The molecule has 9 atom stereocenters. The molecule has 4 fully saturated rings. The largest absolute Gasteiger partial charge is 0.353 e. The highest BCUT2D eigenvalue weighted by Gasteiger charge is 2.70. The van der Waals surface area contributed by atoms with Crippen molar-refractivity contribution in [3.63, 3.8) is 0 Å². The summed E-state index contributed by atoms with van der Waals surface area (Å²) in [5, 5.41) is 3.26. The maximum absolute atomic E-state index is 14.6. The van der Waals surface area contributed by atoms with Crippen LogP contribution in [0.1, 0.15) is 127 Å². The van der Waals surface area contributed by atoms with Crippen LogP contribution in [0, 0.1) is 50.2 Å². The van der Waals surface area contributed by atoms with Gasteiger partial charge in [-0.05, 0) is 117 Å². The summed E-state index contributed by atoms with van der Waals surface area (Å²) in [5.41, 5.74) is 3.27. The molecule has 5 aliphatic rings. The van der Waals surface area contributed by atoms with Crippen molar-refractivity contribution in [2.75, 3.05) is 0 Å². The van der Waals surface area contributed by atoms with Gasteiger partial charge in [0.1, 0.15) is 0 Å². The molecule has 6 heteroatoms. The van der Waals surface area contributed by atoms with E-state index < -0.39 is 5.41 Å². The van der Waals surface area contributed by atoms with Crippen molar-refractivity contribution in [3.8, 4) is 0 Å². The minimum atomic E-state index is -0.519. The topological polar surface area (TPSA) is 84.5 Å². The zero-order chi connectivity index (χ0) is 30.4. The second kappa shape index (κ2) is 9.66. The minimum Gasteiger partial charge on any atom is -0.353 e. The molecule has 5 aliphatic carbocycles. The van der Waals surface area contributed by atoms with Crippen LogP contribution in [0.4, 0.5) is 0 Å². The molecule has 0 aromatic heterocycles. The van der Waals surface area contributed by atoms with Crippen LogP contribution in [0.3, 0.4) is 0 Å². The molecule has 0 aromatic carbocycles. The van der Waals surface area contributed by atoms with Crippen LogP contribution in [-0.2, 0) is 19.2 Å². The van der Waals surface area contributed by atoms with Gasteiger partial charge in [-0.15, -0.1) is 0 Å². The molecule has 5 rings (SSSR count). The predicted octanol–water partition coefficient (Wildman–Crippen LogP) is 6.93. The van der Waals surface area contributed by atoms with E-state index in [-0.39, 0.29) is 62.9 Å². The molecule has 2 amide bonds. The fourth-order valence-corrected chi connectivity index (χ4v) is 11.2. The third-order valence-corrected chi connectivity index (χ3v) is 13.9. The molecule has 230 valence electrons. The van der Waals surface area contributed by atoms with E-state index in [1.165, 1.54) is 5.57 Å². The van der Waals surface area contributed by atoms with E-state index in [1.54, 1.807) is 6.92 Å². The maximum Gasteiger partial charge on any atom is 0.249 e. The molecule has 6 nitrogen and oxygen atoms in total. The molecule has 0 heterocycles. The molecule has 0 aliphatic heterocycles. The number of carbonyl (C=O) groups excluding carboxylic acids is 3. The van der Waals surface area contributed by atoms with Crippen molar-refractivity contribution in [1.29, 1.82) is 0 Å². The summed E-state index contributed by atoms with van der Waals surface area (Å²) in [6.45, 7) is 21.9. The number of ketones is 1. The van der Waals surface area contributed by atoms with Gasteiger partial charge >= 0.3 is 0 Å². The minimum absolute atomic E-state index is 0.0258. The van der Waals surface area contributed by atoms with Gasteiger partial charge in [0.25, 0.3) is 0 Å². The van der Waals surface area contributed by atoms with Gasteiger partial charge in [0.2, 0.25) is 11.8 Å². The molecule has 0 spiro atoms. The molecular formula is C35H56N2O4. The molecule has 4 saturated carbocycles. The van der Waals surface area contributed by atoms with Crippen LogP contribution in [0.2, 0.25) is 0 Å². The summed E-state index contributed by atoms with van der Waals surface area (Å²) in [5.74, 6) is 0.878. The molecule has 0 aromatic rings. The van der Waals surface area contributed by atoms with E-state index in [1.807, 2.05) is 13.8 Å². The summed E-state index contributed by atoms with van der Waals surface area (Å²) in [6.07, 6.45) is 10.8. The van der Waals surface area contributed by atoms with Crippen LogP contribution in [0.5, 0.6) is 0 Å². The lowest BCUT2D eigenvalue weighted by Crippen LogP contribution is -2.67. The number of hydrogen-bond acceptors (Lipinski definition) is 4. The van der Waals surface area contributed by atoms with Gasteiger partial charge in [-0.2, -0.15) is 0 Å². The number of rotatable bonds is 4. The van der Waals surface area contributed by atoms with Crippen LogP contribution in [-0.4, -0.2) is 29.7 Å². The zero-order valence-corrected chi connectivity index (χ0v) is 27.5. The quantitative estimate of drug-likeness (QED) is 0.360. The number of hydrogen-bond donors (Lipinski definition) is 2. The Balaban J connectivity index is 1.52. The van der Waals surface area contributed by atoms with Crippen molar-refractivity contribution < 1.29 is 19.2 Å². The summed E-state index contributed by atoms with van der Waals surface area (Å²) >= 11 is 0. The summed E-state index contributed by atoms with van der Waals surface area (Å²) in [6, 6.07) is 0.143. The molecular weight excluding hydrogens is 512 g/mol. The lowest BCUT2D eigenvalue weighted by atomic mass is 9.33. The summed E-state index contributed by atoms with van der Waals surface area (Å²) in [4.78, 5) is 45.6. The first kappa shape index (κ1) is 30.8. The molecule has 1 unspecified atom stereocenters. The van der Waals surface area contributed by atoms with Crippen LogP contribution < -0.4 is 10.8 Å². The van der Waals surface area contributed by atoms with Gasteiger partial charge in [-0.1, -0.05) is 54.0 Å². The predicted molar refractivity (Wildman–Crippen MR) is 161 cm³/mol. The fourth-order valence-electron chi connectivity index (χ4n) is 11.2. The Kier molecular flexibility index (Phi) is 7.24. The van der Waals surface area contributed by atoms with Gasteiger partial charge < -0.3 is 5.32 Å². The first-order chi connectivity index (χ1) is 18.8. The Morgan fingerprint density at radius 1 is 0.927 bits per heavy atom.